The number of urea groups is 1. The lowest BCUT2D eigenvalue weighted by Gasteiger charge is -2.40. The van der Waals surface area contributed by atoms with Crippen molar-refractivity contribution in [3.05, 3.63) is 71.8 Å². The minimum Gasteiger partial charge on any atom is -0.352 e. The molecule has 0 bridgehead atoms. The molecule has 1 heterocycles. The van der Waals surface area contributed by atoms with E-state index in [-0.39, 0.29) is 85.9 Å². The molecule has 1 fully saturated rings. The van der Waals surface area contributed by atoms with Gasteiger partial charge in [0.1, 0.15) is 18.1 Å². The number of anilines is 1. The number of primary amides is 1. The van der Waals surface area contributed by atoms with Gasteiger partial charge in [0.2, 0.25) is 29.5 Å². The van der Waals surface area contributed by atoms with Crippen LogP contribution in [-0.4, -0.2) is 128 Å². The fraction of sp³-hybridized carbons (Fsp3) is 0.556. The number of nitrogens with zero attached hydrogens (tertiary/aromatic N) is 2. The zero-order valence-electron chi connectivity index (χ0n) is 46.9. The zero-order valence-corrected chi connectivity index (χ0v) is 47.7. The second-order valence-corrected chi connectivity index (χ2v) is 23.3. The number of benzene rings is 2. The molecule has 1 aliphatic rings. The fourth-order valence-electron chi connectivity index (χ4n) is 8.56. The number of likely N-dealkylation sites (N-methyl/N-ethyl adjacent to an activating group) is 2. The molecule has 430 valence electrons. The predicted molar refractivity (Wildman–Crippen MR) is 290 cm³/mol. The number of nitrogens with one attached hydrogen (secondary N) is 7. The van der Waals surface area contributed by atoms with Gasteiger partial charge in [-0.05, 0) is 86.7 Å². The van der Waals surface area contributed by atoms with Crippen LogP contribution in [0.4, 0.5) is 10.5 Å². The quantitative estimate of drug-likeness (QED) is 0.0345. The Morgan fingerprint density at radius 1 is 0.769 bits per heavy atom. The lowest BCUT2D eigenvalue weighted by molar-refractivity contribution is -0.197. The Balaban J connectivity index is 1.70. The molecule has 5 atom stereocenters. The van der Waals surface area contributed by atoms with Crippen molar-refractivity contribution in [3.8, 4) is 0 Å². The van der Waals surface area contributed by atoms with Crippen LogP contribution in [0, 0.1) is 17.3 Å². The topological polar surface area (TPSA) is 331 Å². The third-order valence-electron chi connectivity index (χ3n) is 13.2. The molecule has 78 heavy (non-hydrogen) atoms. The number of imide groups is 1. The highest BCUT2D eigenvalue weighted by molar-refractivity contribution is 7.90. The molecule has 0 spiro atoms. The lowest BCUT2D eigenvalue weighted by atomic mass is 9.76. The third-order valence-corrected chi connectivity index (χ3v) is 14.6. The fourth-order valence-corrected chi connectivity index (χ4v) is 9.58. The molecule has 23 nitrogen and oxygen atoms in total. The van der Waals surface area contributed by atoms with E-state index in [1.54, 1.807) is 27.9 Å². The number of carbonyl (C=O) groups is 10. The van der Waals surface area contributed by atoms with Gasteiger partial charge in [0.05, 0.1) is 17.0 Å². The summed E-state index contributed by atoms with van der Waals surface area (Å²) in [6.07, 6.45) is 1.69. The van der Waals surface area contributed by atoms with Crippen LogP contribution in [0.15, 0.2) is 71.1 Å². The Hall–Kier alpha value is -7.21. The number of hydroxylamine groups is 2. The van der Waals surface area contributed by atoms with E-state index in [4.69, 9.17) is 10.6 Å². The first-order valence-electron chi connectivity index (χ1n) is 26.0. The van der Waals surface area contributed by atoms with E-state index in [1.165, 1.54) is 30.0 Å². The molecular weight excluding hydrogens is 1030 g/mol. The van der Waals surface area contributed by atoms with E-state index >= 15 is 0 Å². The summed E-state index contributed by atoms with van der Waals surface area (Å²) >= 11 is 0. The molecule has 24 heteroatoms. The average Bonchev–Trinajstić information content (AvgIpc) is 3.67. The summed E-state index contributed by atoms with van der Waals surface area (Å²) in [6, 6.07) is 8.83. The third kappa shape index (κ3) is 19.1. The van der Waals surface area contributed by atoms with Gasteiger partial charge in [0, 0.05) is 56.0 Å². The summed E-state index contributed by atoms with van der Waals surface area (Å²) < 4.78 is 29.2. The van der Waals surface area contributed by atoms with Crippen LogP contribution in [0.1, 0.15) is 126 Å². The van der Waals surface area contributed by atoms with Crippen molar-refractivity contribution in [1.29, 1.82) is 0 Å². The van der Waals surface area contributed by atoms with Gasteiger partial charge >= 0.3 is 12.0 Å². The molecule has 0 radical (unpaired) electrons. The van der Waals surface area contributed by atoms with Crippen LogP contribution in [0.25, 0.3) is 0 Å². The first-order chi connectivity index (χ1) is 36.3. The highest BCUT2D eigenvalue weighted by Gasteiger charge is 2.42. The Morgan fingerprint density at radius 3 is 1.90 bits per heavy atom. The minimum atomic E-state index is -4.50. The Kier molecular flexibility index (Phi) is 24.2. The van der Waals surface area contributed by atoms with Gasteiger partial charge in [0.15, 0.2) is 0 Å². The first kappa shape index (κ1) is 65.1. The van der Waals surface area contributed by atoms with Crippen LogP contribution in [0.3, 0.4) is 0 Å². The monoisotopic (exact) mass is 1110 g/mol. The first-order valence-corrected chi connectivity index (χ1v) is 27.5. The van der Waals surface area contributed by atoms with E-state index in [1.807, 2.05) is 78.8 Å². The maximum Gasteiger partial charge on any atom is 0.333 e. The van der Waals surface area contributed by atoms with Gasteiger partial charge in [-0.25, -0.2) is 22.7 Å². The standard InChI is InChI=1S/C54H80N10O13S/c1-32(2)39(63(12)51(73)46(53(6,7)8)61-50(72)45(56-11)54(9,10)35-19-14-13-15-20-35)31-34(5)47(69)62-78(75,76)37-26-24-36(25-27-37)58-48(70)38(21-18-30-57-52(55)74)59-49(71)44(33(3)4)60-40(65)22-16-17-23-43(68)77-64-41(66)28-29-42(64)67/h13-15,19-20,24-27,31-33,38-39,44-46,56H,16-18,21-23,28-30H2,1-12H3,(H,58,70)(H,59,71)(H,60,65)(H,61,72)(H,62,69)(H3,55,57,74)/b34-31+/t38-,39?,44-,45+,46?/m0/s1. The van der Waals surface area contributed by atoms with Crippen LogP contribution < -0.4 is 42.4 Å². The number of hydrogen-bond acceptors (Lipinski definition) is 14. The SMILES string of the molecule is CN[C@H](C(=O)NC(C(=O)N(C)C(/C=C(\C)C(=O)NS(=O)(=O)c1ccc(NC(=O)[C@H](CCCNC(N)=O)NC(=O)[C@@H](NC(=O)CCCCC(=O)ON2C(=O)CCC2=O)C(C)C)cc1)C(C)C)C(C)(C)C)C(C)(C)c1ccccc1. The maximum atomic E-state index is 14.4. The second-order valence-electron chi connectivity index (χ2n) is 21.6. The summed E-state index contributed by atoms with van der Waals surface area (Å²) in [5.41, 5.74) is 4.80. The average molecular weight is 1110 g/mol. The number of hydrogen-bond donors (Lipinski definition) is 8. The molecule has 1 aliphatic heterocycles. The number of carbonyl (C=O) groups excluding carboxylic acids is 10. The second kappa shape index (κ2) is 29.0. The van der Waals surface area contributed by atoms with E-state index in [0.717, 1.165) is 17.7 Å². The van der Waals surface area contributed by atoms with Crippen LogP contribution >= 0.6 is 0 Å². The molecule has 2 aromatic rings. The minimum absolute atomic E-state index is 0.00712. The van der Waals surface area contributed by atoms with Crippen molar-refractivity contribution in [1.82, 2.24) is 41.3 Å². The van der Waals surface area contributed by atoms with Gasteiger partial charge in [0.25, 0.3) is 27.7 Å². The largest absolute Gasteiger partial charge is 0.352 e. The summed E-state index contributed by atoms with van der Waals surface area (Å²) in [4.78, 5) is 135. The summed E-state index contributed by atoms with van der Waals surface area (Å²) in [7, 11) is -1.26. The summed E-state index contributed by atoms with van der Waals surface area (Å²) in [6.45, 7) is 17.9. The molecule has 10 amide bonds. The van der Waals surface area contributed by atoms with Gasteiger partial charge in [-0.2, -0.15) is 0 Å². The molecule has 0 aromatic heterocycles. The van der Waals surface area contributed by atoms with Gasteiger partial charge in [-0.1, -0.05) is 98.7 Å². The molecule has 1 saturated heterocycles. The van der Waals surface area contributed by atoms with E-state index < -0.39 is 110 Å². The summed E-state index contributed by atoms with van der Waals surface area (Å²) in [5, 5.41) is 16.9. The molecule has 2 unspecified atom stereocenters. The van der Waals surface area contributed by atoms with Crippen molar-refractivity contribution in [2.24, 2.45) is 23.0 Å². The smallest absolute Gasteiger partial charge is 0.333 e. The molecular formula is C54H80N10O13S. The molecule has 0 aliphatic carbocycles. The van der Waals surface area contributed by atoms with Crippen molar-refractivity contribution in [2.45, 2.75) is 161 Å². The van der Waals surface area contributed by atoms with Gasteiger partial charge in [-0.15, -0.1) is 5.06 Å². The number of nitrogens with two attached hydrogens (primary N) is 1. The Morgan fingerprint density at radius 2 is 1.36 bits per heavy atom. The normalized spacial score (nSPS) is 15.1. The van der Waals surface area contributed by atoms with E-state index in [2.05, 4.69) is 36.6 Å². The molecule has 9 N–H and O–H groups in total. The maximum absolute atomic E-state index is 14.4. The zero-order chi connectivity index (χ0) is 58.9. The van der Waals surface area contributed by atoms with E-state index in [0.29, 0.717) is 5.06 Å². The number of unbranched alkanes of at least 4 members (excludes halogenated alkanes) is 1. The van der Waals surface area contributed by atoms with Crippen LogP contribution in [0.2, 0.25) is 0 Å². The lowest BCUT2D eigenvalue weighted by Crippen LogP contribution is -2.61. The molecule has 2 aromatic carbocycles. The van der Waals surface area contributed by atoms with Crippen molar-refractivity contribution >= 4 is 75.0 Å². The predicted octanol–water partition coefficient (Wildman–Crippen LogP) is 3.20. The Labute approximate surface area is 457 Å². The number of sulfonamides is 1. The van der Waals surface area contributed by atoms with Crippen molar-refractivity contribution < 1.29 is 61.2 Å². The van der Waals surface area contributed by atoms with Gasteiger partial charge in [-0.3, -0.25) is 38.4 Å². The van der Waals surface area contributed by atoms with Crippen LogP contribution in [-0.2, 0) is 63.4 Å². The highest BCUT2D eigenvalue weighted by Crippen LogP contribution is 2.29. The van der Waals surface area contributed by atoms with Gasteiger partial charge < -0.3 is 47.4 Å². The number of rotatable bonds is 28. The van der Waals surface area contributed by atoms with Crippen molar-refractivity contribution in [3.63, 3.8) is 0 Å². The highest BCUT2D eigenvalue weighted by atomic mass is 32.2. The molecule has 3 rings (SSSR count). The summed E-state index contributed by atoms with van der Waals surface area (Å²) in [5.74, 6) is -6.49. The van der Waals surface area contributed by atoms with Crippen LogP contribution in [0.5, 0.6) is 0 Å². The van der Waals surface area contributed by atoms with E-state index in [9.17, 15) is 56.4 Å². The van der Waals surface area contributed by atoms with Crippen molar-refractivity contribution in [2.75, 3.05) is 26.0 Å². The number of amides is 10. The Bertz CT molecular complexity index is 2620. The molecule has 0 saturated carbocycles.